The topological polar surface area (TPSA) is 60.7 Å². The number of rotatable bonds is 7. The van der Waals surface area contributed by atoms with E-state index in [1.165, 1.54) is 0 Å². The van der Waals surface area contributed by atoms with Crippen molar-refractivity contribution in [3.63, 3.8) is 0 Å². The van der Waals surface area contributed by atoms with Crippen molar-refractivity contribution in [2.24, 2.45) is 0 Å². The molecule has 130 valence electrons. The van der Waals surface area contributed by atoms with E-state index in [2.05, 4.69) is 21.2 Å². The van der Waals surface area contributed by atoms with Gasteiger partial charge in [-0.2, -0.15) is 0 Å². The van der Waals surface area contributed by atoms with Gasteiger partial charge in [-0.25, -0.2) is 0 Å². The molecular weight excluding hydrogens is 374 g/mol. The normalized spacial score (nSPS) is 11.9. The highest BCUT2D eigenvalue weighted by Gasteiger charge is 2.18. The van der Waals surface area contributed by atoms with E-state index in [1.807, 2.05) is 32.9 Å². The number of aryl methyl sites for hydroxylation is 1. The third-order valence-electron chi connectivity index (χ3n) is 3.48. The standard InChI is InChI=1S/C18H22BrNO4/c1-5-8-23-17-14(19)9-13(10-16(17)22-4)18(21)20-12(3)15-7-6-11(2)24-15/h6-7,9-10,12H,5,8H2,1-4H3,(H,20,21). The van der Waals surface area contributed by atoms with Crippen molar-refractivity contribution in [3.8, 4) is 11.5 Å². The van der Waals surface area contributed by atoms with Crippen molar-refractivity contribution in [3.05, 3.63) is 45.8 Å². The number of nitrogens with one attached hydrogen (secondary N) is 1. The van der Waals surface area contributed by atoms with E-state index in [0.717, 1.165) is 17.9 Å². The van der Waals surface area contributed by atoms with E-state index < -0.39 is 0 Å². The van der Waals surface area contributed by atoms with E-state index >= 15 is 0 Å². The van der Waals surface area contributed by atoms with E-state index in [-0.39, 0.29) is 11.9 Å². The first-order valence-electron chi connectivity index (χ1n) is 7.83. The Morgan fingerprint density at radius 3 is 2.71 bits per heavy atom. The molecule has 2 aromatic rings. The first-order chi connectivity index (χ1) is 11.5. The van der Waals surface area contributed by atoms with Gasteiger partial charge in [0.15, 0.2) is 11.5 Å². The molecule has 1 N–H and O–H groups in total. The summed E-state index contributed by atoms with van der Waals surface area (Å²) in [4.78, 5) is 12.5. The van der Waals surface area contributed by atoms with Crippen molar-refractivity contribution in [2.45, 2.75) is 33.2 Å². The van der Waals surface area contributed by atoms with E-state index in [9.17, 15) is 4.79 Å². The molecule has 5 nitrogen and oxygen atoms in total. The summed E-state index contributed by atoms with van der Waals surface area (Å²) in [5.41, 5.74) is 0.484. The van der Waals surface area contributed by atoms with Gasteiger partial charge in [0.1, 0.15) is 11.5 Å². The highest BCUT2D eigenvalue weighted by molar-refractivity contribution is 9.10. The molecule has 0 radical (unpaired) electrons. The van der Waals surface area contributed by atoms with Gasteiger partial charge in [-0.3, -0.25) is 4.79 Å². The van der Waals surface area contributed by atoms with Crippen molar-refractivity contribution >= 4 is 21.8 Å². The zero-order valence-corrected chi connectivity index (χ0v) is 15.9. The Balaban J connectivity index is 2.18. The lowest BCUT2D eigenvalue weighted by molar-refractivity contribution is 0.0934. The number of benzene rings is 1. The number of amides is 1. The maximum Gasteiger partial charge on any atom is 0.252 e. The zero-order chi connectivity index (χ0) is 17.7. The number of carbonyl (C=O) groups is 1. The Bertz CT molecular complexity index is 711. The Hall–Kier alpha value is -1.95. The molecule has 0 saturated carbocycles. The number of hydrogen-bond donors (Lipinski definition) is 1. The summed E-state index contributed by atoms with van der Waals surface area (Å²) in [6.07, 6.45) is 0.887. The van der Waals surface area contributed by atoms with Crippen LogP contribution in [-0.2, 0) is 0 Å². The number of methoxy groups -OCH3 is 1. The molecule has 1 aromatic heterocycles. The van der Waals surface area contributed by atoms with Crippen LogP contribution in [0.4, 0.5) is 0 Å². The second kappa shape index (κ2) is 8.24. The largest absolute Gasteiger partial charge is 0.493 e. The fourth-order valence-corrected chi connectivity index (χ4v) is 2.79. The van der Waals surface area contributed by atoms with Crippen LogP contribution in [0.15, 0.2) is 33.2 Å². The lowest BCUT2D eigenvalue weighted by Crippen LogP contribution is -2.26. The second-order valence-corrected chi connectivity index (χ2v) is 6.34. The molecule has 1 aromatic carbocycles. The van der Waals surface area contributed by atoms with Crippen LogP contribution in [0, 0.1) is 6.92 Å². The molecule has 2 rings (SSSR count). The minimum absolute atomic E-state index is 0.211. The lowest BCUT2D eigenvalue weighted by atomic mass is 10.1. The highest BCUT2D eigenvalue weighted by Crippen LogP contribution is 2.37. The first-order valence-corrected chi connectivity index (χ1v) is 8.63. The quantitative estimate of drug-likeness (QED) is 0.741. The summed E-state index contributed by atoms with van der Waals surface area (Å²) < 4.78 is 17.3. The fourth-order valence-electron chi connectivity index (χ4n) is 2.23. The third kappa shape index (κ3) is 4.32. The number of ether oxygens (including phenoxy) is 2. The lowest BCUT2D eigenvalue weighted by Gasteiger charge is -2.15. The van der Waals surface area contributed by atoms with E-state index in [4.69, 9.17) is 13.9 Å². The van der Waals surface area contributed by atoms with Gasteiger partial charge >= 0.3 is 0 Å². The smallest absolute Gasteiger partial charge is 0.252 e. The molecule has 0 aliphatic heterocycles. The van der Waals surface area contributed by atoms with Crippen LogP contribution in [0.3, 0.4) is 0 Å². The summed E-state index contributed by atoms with van der Waals surface area (Å²) in [5, 5.41) is 2.92. The minimum Gasteiger partial charge on any atom is -0.493 e. The van der Waals surface area contributed by atoms with Gasteiger partial charge in [0.25, 0.3) is 5.91 Å². The molecule has 0 aliphatic rings. The molecule has 0 spiro atoms. The van der Waals surface area contributed by atoms with Crippen LogP contribution in [0.1, 0.15) is 48.2 Å². The number of carbonyl (C=O) groups excluding carboxylic acids is 1. The van der Waals surface area contributed by atoms with Gasteiger partial charge < -0.3 is 19.2 Å². The first kappa shape index (κ1) is 18.4. The minimum atomic E-state index is -0.230. The van der Waals surface area contributed by atoms with Crippen molar-refractivity contribution in [2.75, 3.05) is 13.7 Å². The molecule has 1 atom stereocenters. The third-order valence-corrected chi connectivity index (χ3v) is 4.07. The van der Waals surface area contributed by atoms with Crippen LogP contribution in [0.2, 0.25) is 0 Å². The molecule has 1 unspecified atom stereocenters. The monoisotopic (exact) mass is 395 g/mol. The van der Waals surface area contributed by atoms with Gasteiger partial charge in [0.05, 0.1) is 24.2 Å². The molecule has 0 fully saturated rings. The van der Waals surface area contributed by atoms with Gasteiger partial charge in [-0.15, -0.1) is 0 Å². The van der Waals surface area contributed by atoms with Gasteiger partial charge in [0.2, 0.25) is 0 Å². The maximum absolute atomic E-state index is 12.5. The highest BCUT2D eigenvalue weighted by atomic mass is 79.9. The van der Waals surface area contributed by atoms with Gasteiger partial charge in [0, 0.05) is 5.56 Å². The molecule has 0 aliphatic carbocycles. The average molecular weight is 396 g/mol. The van der Waals surface area contributed by atoms with Crippen LogP contribution in [0.5, 0.6) is 11.5 Å². The maximum atomic E-state index is 12.5. The van der Waals surface area contributed by atoms with E-state index in [0.29, 0.717) is 28.1 Å². The predicted molar refractivity (Wildman–Crippen MR) is 95.8 cm³/mol. The average Bonchev–Trinajstić information content (AvgIpc) is 2.99. The summed E-state index contributed by atoms with van der Waals surface area (Å²) >= 11 is 3.45. The molecule has 6 heteroatoms. The molecule has 1 amide bonds. The van der Waals surface area contributed by atoms with Gasteiger partial charge in [-0.1, -0.05) is 6.92 Å². The zero-order valence-electron chi connectivity index (χ0n) is 14.3. The van der Waals surface area contributed by atoms with Crippen molar-refractivity contribution < 1.29 is 18.7 Å². The number of halogens is 1. The molecule has 0 bridgehead atoms. The van der Waals surface area contributed by atoms with E-state index in [1.54, 1.807) is 19.2 Å². The Morgan fingerprint density at radius 1 is 1.38 bits per heavy atom. The Morgan fingerprint density at radius 2 is 2.12 bits per heavy atom. The molecule has 0 saturated heterocycles. The van der Waals surface area contributed by atoms with Gasteiger partial charge in [-0.05, 0) is 60.5 Å². The second-order valence-electron chi connectivity index (χ2n) is 5.48. The van der Waals surface area contributed by atoms with Crippen LogP contribution in [0.25, 0.3) is 0 Å². The number of hydrogen-bond acceptors (Lipinski definition) is 4. The summed E-state index contributed by atoms with van der Waals surface area (Å²) in [6.45, 7) is 6.35. The van der Waals surface area contributed by atoms with Crippen LogP contribution in [-0.4, -0.2) is 19.6 Å². The summed E-state index contributed by atoms with van der Waals surface area (Å²) in [6, 6.07) is 6.90. The van der Waals surface area contributed by atoms with Crippen LogP contribution >= 0.6 is 15.9 Å². The summed E-state index contributed by atoms with van der Waals surface area (Å²) in [5.74, 6) is 2.44. The number of furan rings is 1. The van der Waals surface area contributed by atoms with Crippen molar-refractivity contribution in [1.82, 2.24) is 5.32 Å². The fraction of sp³-hybridized carbons (Fsp3) is 0.389. The predicted octanol–water partition coefficient (Wildman–Crippen LogP) is 4.64. The molecule has 1 heterocycles. The molecule has 24 heavy (non-hydrogen) atoms. The SMILES string of the molecule is CCCOc1c(Br)cc(C(=O)NC(C)c2ccc(C)o2)cc1OC. The Kier molecular flexibility index (Phi) is 6.31. The Labute approximate surface area is 150 Å². The van der Waals surface area contributed by atoms with Crippen LogP contribution < -0.4 is 14.8 Å². The molecular formula is C18H22BrNO4. The van der Waals surface area contributed by atoms with Crippen molar-refractivity contribution in [1.29, 1.82) is 0 Å². The summed E-state index contributed by atoms with van der Waals surface area (Å²) in [7, 11) is 1.55.